The molecule has 2 saturated heterocycles. The molecule has 3 heteroatoms. The number of piperidine rings is 2. The van der Waals surface area contributed by atoms with Crippen molar-refractivity contribution in [2.75, 3.05) is 32.7 Å². The van der Waals surface area contributed by atoms with Crippen LogP contribution in [0.25, 0.3) is 0 Å². The molecular weight excluding hydrogens is 284 g/mol. The molecule has 3 aliphatic rings. The van der Waals surface area contributed by atoms with Gasteiger partial charge in [0.25, 0.3) is 0 Å². The van der Waals surface area contributed by atoms with Crippen molar-refractivity contribution >= 4 is 0 Å². The zero-order valence-corrected chi connectivity index (χ0v) is 15.7. The number of hydrogen-bond donors (Lipinski definition) is 0. The monoisotopic (exact) mass is 322 g/mol. The Hall–Kier alpha value is -0.120. The van der Waals surface area contributed by atoms with Gasteiger partial charge < -0.3 is 14.5 Å². The van der Waals surface area contributed by atoms with Crippen LogP contribution in [0, 0.1) is 5.41 Å². The molecular formula is C20H38N2O. The smallest absolute Gasteiger partial charge is 0.0603 e. The summed E-state index contributed by atoms with van der Waals surface area (Å²) in [7, 11) is 0. The van der Waals surface area contributed by atoms with Gasteiger partial charge in [-0.3, -0.25) is 0 Å². The Morgan fingerprint density at radius 1 is 0.957 bits per heavy atom. The van der Waals surface area contributed by atoms with E-state index in [0.29, 0.717) is 23.7 Å². The third-order valence-corrected chi connectivity index (χ3v) is 6.42. The summed E-state index contributed by atoms with van der Waals surface area (Å²) in [6, 6.07) is 0.692. The standard InChI is InChI=1S/C20H38N2O/c1-4-9-20(10-11-20)16-21-12-5-18(6-13-21)23-19-7-14-22(15-8-19)17(2)3/h17-19H,4-16H2,1-3H3. The first-order valence-electron chi connectivity index (χ1n) is 10.2. The van der Waals surface area contributed by atoms with E-state index >= 15 is 0 Å². The van der Waals surface area contributed by atoms with E-state index in [-0.39, 0.29) is 0 Å². The second-order valence-corrected chi connectivity index (χ2v) is 8.69. The van der Waals surface area contributed by atoms with Gasteiger partial charge in [0.2, 0.25) is 0 Å². The zero-order valence-electron chi connectivity index (χ0n) is 15.7. The van der Waals surface area contributed by atoms with Crippen molar-refractivity contribution in [1.29, 1.82) is 0 Å². The Bertz CT molecular complexity index is 351. The molecule has 2 aliphatic heterocycles. The lowest BCUT2D eigenvalue weighted by Crippen LogP contribution is -2.44. The second-order valence-electron chi connectivity index (χ2n) is 8.69. The van der Waals surface area contributed by atoms with Crippen LogP contribution in [0.15, 0.2) is 0 Å². The summed E-state index contributed by atoms with van der Waals surface area (Å²) in [4.78, 5) is 5.31. The molecule has 1 saturated carbocycles. The maximum Gasteiger partial charge on any atom is 0.0603 e. The minimum atomic E-state index is 0.524. The summed E-state index contributed by atoms with van der Waals surface area (Å²) in [5.74, 6) is 0. The molecule has 0 spiro atoms. The van der Waals surface area contributed by atoms with Crippen LogP contribution in [-0.2, 0) is 4.74 Å². The molecule has 0 aromatic rings. The van der Waals surface area contributed by atoms with E-state index < -0.39 is 0 Å². The van der Waals surface area contributed by atoms with Crippen molar-refractivity contribution in [3.05, 3.63) is 0 Å². The zero-order chi connectivity index (χ0) is 16.3. The van der Waals surface area contributed by atoms with Crippen LogP contribution in [-0.4, -0.2) is 60.8 Å². The van der Waals surface area contributed by atoms with E-state index in [0.717, 1.165) is 0 Å². The molecule has 1 aliphatic carbocycles. The number of rotatable bonds is 7. The third-order valence-electron chi connectivity index (χ3n) is 6.42. The van der Waals surface area contributed by atoms with Crippen LogP contribution in [0.1, 0.15) is 72.1 Å². The van der Waals surface area contributed by atoms with Gasteiger partial charge in [0, 0.05) is 38.8 Å². The number of likely N-dealkylation sites (tertiary alicyclic amines) is 2. The van der Waals surface area contributed by atoms with Crippen molar-refractivity contribution < 1.29 is 4.74 Å². The van der Waals surface area contributed by atoms with Crippen molar-refractivity contribution in [2.24, 2.45) is 5.41 Å². The normalized spacial score (nSPS) is 27.7. The van der Waals surface area contributed by atoms with Gasteiger partial charge in [-0.15, -0.1) is 0 Å². The summed E-state index contributed by atoms with van der Waals surface area (Å²) in [5.41, 5.74) is 0.714. The fourth-order valence-electron chi connectivity index (χ4n) is 4.67. The van der Waals surface area contributed by atoms with Gasteiger partial charge in [0.15, 0.2) is 0 Å². The molecule has 23 heavy (non-hydrogen) atoms. The summed E-state index contributed by atoms with van der Waals surface area (Å²) in [6.45, 7) is 13.3. The molecule has 0 bridgehead atoms. The topological polar surface area (TPSA) is 15.7 Å². The van der Waals surface area contributed by atoms with Crippen LogP contribution in [0.5, 0.6) is 0 Å². The molecule has 3 fully saturated rings. The predicted molar refractivity (Wildman–Crippen MR) is 96.9 cm³/mol. The maximum absolute atomic E-state index is 6.45. The molecule has 0 aromatic carbocycles. The predicted octanol–water partition coefficient (Wildman–Crippen LogP) is 3.92. The van der Waals surface area contributed by atoms with Gasteiger partial charge >= 0.3 is 0 Å². The van der Waals surface area contributed by atoms with Crippen LogP contribution in [0.4, 0.5) is 0 Å². The summed E-state index contributed by atoms with van der Waals surface area (Å²) < 4.78 is 6.45. The largest absolute Gasteiger partial charge is 0.375 e. The lowest BCUT2D eigenvalue weighted by Gasteiger charge is -2.39. The van der Waals surface area contributed by atoms with Crippen molar-refractivity contribution in [3.63, 3.8) is 0 Å². The van der Waals surface area contributed by atoms with Crippen molar-refractivity contribution in [1.82, 2.24) is 9.80 Å². The van der Waals surface area contributed by atoms with Crippen molar-refractivity contribution in [2.45, 2.75) is 90.4 Å². The highest BCUT2D eigenvalue weighted by atomic mass is 16.5. The quantitative estimate of drug-likeness (QED) is 0.706. The highest BCUT2D eigenvalue weighted by molar-refractivity contribution is 4.95. The first-order chi connectivity index (χ1) is 11.1. The average Bonchev–Trinajstić information content (AvgIpc) is 3.29. The van der Waals surface area contributed by atoms with Gasteiger partial charge in [-0.05, 0) is 64.2 Å². The highest BCUT2D eigenvalue weighted by Crippen LogP contribution is 2.50. The van der Waals surface area contributed by atoms with E-state index in [1.165, 1.54) is 84.1 Å². The van der Waals surface area contributed by atoms with Gasteiger partial charge in [-0.1, -0.05) is 13.3 Å². The van der Waals surface area contributed by atoms with E-state index in [2.05, 4.69) is 30.6 Å². The number of hydrogen-bond acceptors (Lipinski definition) is 3. The molecule has 0 amide bonds. The summed E-state index contributed by atoms with van der Waals surface area (Å²) in [6.07, 6.45) is 11.8. The Kier molecular flexibility index (Phi) is 6.03. The second kappa shape index (κ2) is 7.84. The van der Waals surface area contributed by atoms with E-state index in [9.17, 15) is 0 Å². The van der Waals surface area contributed by atoms with E-state index in [4.69, 9.17) is 4.74 Å². The van der Waals surface area contributed by atoms with E-state index in [1.54, 1.807) is 0 Å². The summed E-state index contributed by atoms with van der Waals surface area (Å²) in [5, 5.41) is 0. The van der Waals surface area contributed by atoms with Gasteiger partial charge in [0.1, 0.15) is 0 Å². The molecule has 3 nitrogen and oxygen atoms in total. The lowest BCUT2D eigenvalue weighted by molar-refractivity contribution is -0.0688. The first kappa shape index (κ1) is 17.7. The van der Waals surface area contributed by atoms with Gasteiger partial charge in [0.05, 0.1) is 12.2 Å². The fraction of sp³-hybridized carbons (Fsp3) is 1.00. The van der Waals surface area contributed by atoms with Crippen LogP contribution in [0.2, 0.25) is 0 Å². The highest BCUT2D eigenvalue weighted by Gasteiger charge is 2.43. The van der Waals surface area contributed by atoms with E-state index in [1.807, 2.05) is 0 Å². The Morgan fingerprint density at radius 3 is 2.00 bits per heavy atom. The number of ether oxygens (including phenoxy) is 1. The first-order valence-corrected chi connectivity index (χ1v) is 10.2. The maximum atomic E-state index is 6.45. The molecule has 0 aromatic heterocycles. The minimum Gasteiger partial charge on any atom is -0.375 e. The molecule has 2 heterocycles. The SMILES string of the molecule is CCCC1(CN2CCC(OC3CCN(C(C)C)CC3)CC2)CC1. The number of nitrogens with zero attached hydrogens (tertiary/aromatic N) is 2. The Labute approximate surface area is 143 Å². The Morgan fingerprint density at radius 2 is 1.52 bits per heavy atom. The molecule has 0 radical (unpaired) electrons. The van der Waals surface area contributed by atoms with Gasteiger partial charge in [-0.2, -0.15) is 0 Å². The van der Waals surface area contributed by atoms with Crippen molar-refractivity contribution in [3.8, 4) is 0 Å². The van der Waals surface area contributed by atoms with Crippen LogP contribution < -0.4 is 0 Å². The average molecular weight is 323 g/mol. The minimum absolute atomic E-state index is 0.524. The molecule has 134 valence electrons. The molecule has 0 atom stereocenters. The molecule has 0 unspecified atom stereocenters. The summed E-state index contributed by atoms with van der Waals surface area (Å²) >= 11 is 0. The van der Waals surface area contributed by atoms with Crippen LogP contribution >= 0.6 is 0 Å². The van der Waals surface area contributed by atoms with Gasteiger partial charge in [-0.25, -0.2) is 0 Å². The molecule has 3 rings (SSSR count). The third kappa shape index (κ3) is 4.93. The Balaban J connectivity index is 1.34. The fourth-order valence-corrected chi connectivity index (χ4v) is 4.67. The molecule has 0 N–H and O–H groups in total. The lowest BCUT2D eigenvalue weighted by atomic mass is 9.98. The van der Waals surface area contributed by atoms with Crippen LogP contribution in [0.3, 0.4) is 0 Å².